The number of carbonyl (C=O) groups excluding carboxylic acids is 2. The Kier molecular flexibility index (Phi) is 8.18. The molecule has 0 bridgehead atoms. The predicted molar refractivity (Wildman–Crippen MR) is 121 cm³/mol. The fourth-order valence-corrected chi connectivity index (χ4v) is 3.10. The van der Waals surface area contributed by atoms with Gasteiger partial charge in [-0.05, 0) is 59.1 Å². The van der Waals surface area contributed by atoms with Crippen LogP contribution in [0.15, 0.2) is 42.7 Å². The highest BCUT2D eigenvalue weighted by Gasteiger charge is 2.27. The molecule has 1 aromatic heterocycles. The Morgan fingerprint density at radius 1 is 1.29 bits per heavy atom. The SMILES string of the molecule is CC(NC(=O)OC(C)(C)C)C(=N)CCC[C@@H](C(N)=O)N(c1ccccc1)c1ncc[nH]1. The maximum Gasteiger partial charge on any atom is 0.408 e. The Morgan fingerprint density at radius 3 is 2.52 bits per heavy atom. The van der Waals surface area contributed by atoms with Gasteiger partial charge in [0, 0.05) is 23.8 Å². The second-order valence-corrected chi connectivity index (χ2v) is 8.32. The van der Waals surface area contributed by atoms with Gasteiger partial charge in [-0.2, -0.15) is 0 Å². The quantitative estimate of drug-likeness (QED) is 0.429. The molecule has 9 nitrogen and oxygen atoms in total. The minimum atomic E-state index is -0.643. The van der Waals surface area contributed by atoms with Gasteiger partial charge in [-0.1, -0.05) is 18.2 Å². The summed E-state index contributed by atoms with van der Waals surface area (Å²) >= 11 is 0. The van der Waals surface area contributed by atoms with E-state index in [0.717, 1.165) is 5.69 Å². The summed E-state index contributed by atoms with van der Waals surface area (Å²) < 4.78 is 5.23. The molecule has 1 aromatic carbocycles. The number of ether oxygens (including phenoxy) is 1. The summed E-state index contributed by atoms with van der Waals surface area (Å²) in [7, 11) is 0. The third-order valence-corrected chi connectivity index (χ3v) is 4.57. The minimum absolute atomic E-state index is 0.346. The molecular formula is C22H32N6O3. The Balaban J connectivity index is 2.01. The number of para-hydroxylation sites is 1. The van der Waals surface area contributed by atoms with Gasteiger partial charge in [-0.15, -0.1) is 0 Å². The van der Waals surface area contributed by atoms with Crippen molar-refractivity contribution in [2.24, 2.45) is 5.73 Å². The molecule has 168 valence electrons. The number of rotatable bonds is 10. The number of hydrogen-bond donors (Lipinski definition) is 4. The van der Waals surface area contributed by atoms with Crippen LogP contribution in [0.1, 0.15) is 47.0 Å². The lowest BCUT2D eigenvalue weighted by molar-refractivity contribution is -0.119. The van der Waals surface area contributed by atoms with Crippen molar-refractivity contribution in [1.29, 1.82) is 5.41 Å². The lowest BCUT2D eigenvalue weighted by Gasteiger charge is -2.29. The van der Waals surface area contributed by atoms with Crippen LogP contribution in [0.4, 0.5) is 16.4 Å². The van der Waals surface area contributed by atoms with Gasteiger partial charge < -0.3 is 26.2 Å². The molecule has 5 N–H and O–H groups in total. The number of anilines is 2. The van der Waals surface area contributed by atoms with E-state index in [1.807, 2.05) is 30.3 Å². The molecular weight excluding hydrogens is 396 g/mol. The number of primary amides is 1. The van der Waals surface area contributed by atoms with E-state index in [2.05, 4.69) is 15.3 Å². The molecule has 0 aliphatic carbocycles. The van der Waals surface area contributed by atoms with Crippen molar-refractivity contribution in [2.75, 3.05) is 4.90 Å². The number of benzene rings is 1. The van der Waals surface area contributed by atoms with Gasteiger partial charge in [0.1, 0.15) is 11.6 Å². The van der Waals surface area contributed by atoms with Gasteiger partial charge in [0.05, 0.1) is 6.04 Å². The highest BCUT2D eigenvalue weighted by molar-refractivity contribution is 5.89. The van der Waals surface area contributed by atoms with Crippen molar-refractivity contribution in [2.45, 2.75) is 64.6 Å². The lowest BCUT2D eigenvalue weighted by Crippen LogP contribution is -2.43. The first kappa shape index (κ1) is 23.9. The number of hydrogen-bond acceptors (Lipinski definition) is 6. The summed E-state index contributed by atoms with van der Waals surface area (Å²) in [6, 6.07) is 8.29. The molecule has 31 heavy (non-hydrogen) atoms. The van der Waals surface area contributed by atoms with Gasteiger partial charge in [0.25, 0.3) is 0 Å². The zero-order valence-corrected chi connectivity index (χ0v) is 18.5. The number of H-pyrrole nitrogens is 1. The molecule has 0 aliphatic heterocycles. The highest BCUT2D eigenvalue weighted by Crippen LogP contribution is 2.26. The Morgan fingerprint density at radius 2 is 1.97 bits per heavy atom. The molecule has 0 saturated heterocycles. The van der Waals surface area contributed by atoms with Crippen LogP contribution < -0.4 is 16.0 Å². The first-order valence-electron chi connectivity index (χ1n) is 10.3. The number of aromatic nitrogens is 2. The Bertz CT molecular complexity index is 861. The first-order chi connectivity index (χ1) is 14.6. The summed E-state index contributed by atoms with van der Waals surface area (Å²) in [6.07, 6.45) is 4.10. The number of alkyl carbamates (subject to hydrolysis) is 1. The van der Waals surface area contributed by atoms with E-state index in [4.69, 9.17) is 15.9 Å². The fraction of sp³-hybridized carbons (Fsp3) is 0.455. The summed E-state index contributed by atoms with van der Waals surface area (Å²) in [6.45, 7) is 7.08. The largest absolute Gasteiger partial charge is 0.444 e. The minimum Gasteiger partial charge on any atom is -0.444 e. The average molecular weight is 429 g/mol. The zero-order chi connectivity index (χ0) is 23.0. The molecule has 2 amide bonds. The van der Waals surface area contributed by atoms with E-state index in [1.165, 1.54) is 0 Å². The van der Waals surface area contributed by atoms with Crippen molar-refractivity contribution in [3.05, 3.63) is 42.7 Å². The van der Waals surface area contributed by atoms with Crippen molar-refractivity contribution in [3.63, 3.8) is 0 Å². The zero-order valence-electron chi connectivity index (χ0n) is 18.5. The second kappa shape index (κ2) is 10.6. The Hall–Kier alpha value is -3.36. The Labute approximate surface area is 182 Å². The van der Waals surface area contributed by atoms with Crippen LogP contribution in [0, 0.1) is 5.41 Å². The van der Waals surface area contributed by atoms with Crippen LogP contribution in [0.5, 0.6) is 0 Å². The summed E-state index contributed by atoms with van der Waals surface area (Å²) in [5, 5.41) is 10.9. The molecule has 2 aromatic rings. The smallest absolute Gasteiger partial charge is 0.408 e. The molecule has 0 aliphatic rings. The molecule has 2 rings (SSSR count). The van der Waals surface area contributed by atoms with Crippen LogP contribution in [0.3, 0.4) is 0 Å². The van der Waals surface area contributed by atoms with E-state index in [1.54, 1.807) is 45.0 Å². The van der Waals surface area contributed by atoms with E-state index < -0.39 is 29.7 Å². The number of nitrogens with two attached hydrogens (primary N) is 1. The predicted octanol–water partition coefficient (Wildman–Crippen LogP) is 3.50. The standard InChI is InChI=1S/C22H32N6O3/c1-15(27-21(30)31-22(2,3)4)17(23)11-8-12-18(19(24)29)28(20-25-13-14-26-20)16-9-6-5-7-10-16/h5-7,9-10,13-15,18,23H,8,11-12H2,1-4H3,(H2,24,29)(H,25,26)(H,27,30)/t15?,18-/m0/s1. The molecule has 0 spiro atoms. The van der Waals surface area contributed by atoms with E-state index in [0.29, 0.717) is 30.9 Å². The average Bonchev–Trinajstić information content (AvgIpc) is 3.20. The third-order valence-electron chi connectivity index (χ3n) is 4.57. The summed E-state index contributed by atoms with van der Waals surface area (Å²) in [4.78, 5) is 33.3. The maximum atomic E-state index is 12.3. The lowest BCUT2D eigenvalue weighted by atomic mass is 10.0. The van der Waals surface area contributed by atoms with Gasteiger partial charge in [0.15, 0.2) is 0 Å². The number of amides is 2. The molecule has 9 heteroatoms. The molecule has 0 fully saturated rings. The van der Waals surface area contributed by atoms with Crippen molar-refractivity contribution in [1.82, 2.24) is 15.3 Å². The van der Waals surface area contributed by atoms with Crippen LogP contribution in [-0.4, -0.2) is 45.4 Å². The number of aromatic amines is 1. The monoisotopic (exact) mass is 428 g/mol. The van der Waals surface area contributed by atoms with Crippen molar-refractivity contribution < 1.29 is 14.3 Å². The van der Waals surface area contributed by atoms with Crippen LogP contribution in [-0.2, 0) is 9.53 Å². The van der Waals surface area contributed by atoms with Gasteiger partial charge in [-0.3, -0.25) is 9.69 Å². The normalized spacial score (nSPS) is 13.2. The van der Waals surface area contributed by atoms with E-state index >= 15 is 0 Å². The molecule has 1 heterocycles. The number of imidazole rings is 1. The van der Waals surface area contributed by atoms with Crippen LogP contribution in [0.2, 0.25) is 0 Å². The summed E-state index contributed by atoms with van der Waals surface area (Å²) in [5.41, 5.74) is 6.26. The maximum absolute atomic E-state index is 12.3. The highest BCUT2D eigenvalue weighted by atomic mass is 16.6. The van der Waals surface area contributed by atoms with Gasteiger partial charge in [-0.25, -0.2) is 9.78 Å². The topological polar surface area (TPSA) is 137 Å². The van der Waals surface area contributed by atoms with Gasteiger partial charge >= 0.3 is 6.09 Å². The number of nitrogens with one attached hydrogen (secondary N) is 3. The number of nitrogens with zero attached hydrogens (tertiary/aromatic N) is 2. The fourth-order valence-electron chi connectivity index (χ4n) is 3.10. The molecule has 0 radical (unpaired) electrons. The van der Waals surface area contributed by atoms with Crippen molar-refractivity contribution >= 4 is 29.3 Å². The van der Waals surface area contributed by atoms with Gasteiger partial charge in [0.2, 0.25) is 11.9 Å². The van der Waals surface area contributed by atoms with Crippen LogP contribution in [0.25, 0.3) is 0 Å². The van der Waals surface area contributed by atoms with Crippen molar-refractivity contribution in [3.8, 4) is 0 Å². The third kappa shape index (κ3) is 7.44. The number of carbonyl (C=O) groups is 2. The second-order valence-electron chi connectivity index (χ2n) is 8.32. The van der Waals surface area contributed by atoms with E-state index in [9.17, 15) is 9.59 Å². The molecule has 0 saturated carbocycles. The molecule has 1 unspecified atom stereocenters. The summed E-state index contributed by atoms with van der Waals surface area (Å²) in [5.74, 6) is 0.0387. The first-order valence-corrected chi connectivity index (χ1v) is 10.3. The molecule has 2 atom stereocenters. The van der Waals surface area contributed by atoms with Crippen LogP contribution >= 0.6 is 0 Å². The van der Waals surface area contributed by atoms with E-state index in [-0.39, 0.29) is 0 Å².